The van der Waals surface area contributed by atoms with Crippen LogP contribution in [0.1, 0.15) is 15.9 Å². The molecule has 118 valence electrons. The molecule has 7 nitrogen and oxygen atoms in total. The second-order valence-electron chi connectivity index (χ2n) is 4.97. The van der Waals surface area contributed by atoms with Gasteiger partial charge in [-0.05, 0) is 42.0 Å². The minimum absolute atomic E-state index is 0.169. The molecule has 24 heavy (non-hydrogen) atoms. The van der Waals surface area contributed by atoms with E-state index in [-0.39, 0.29) is 28.2 Å². The molecule has 0 amide bonds. The van der Waals surface area contributed by atoms with Crippen LogP contribution in [0.2, 0.25) is 0 Å². The number of fused-ring (bicyclic) bond motifs is 1. The maximum atomic E-state index is 12.4. The molecule has 0 aliphatic rings. The van der Waals surface area contributed by atoms with E-state index in [9.17, 15) is 25.1 Å². The van der Waals surface area contributed by atoms with Crippen molar-refractivity contribution in [1.82, 2.24) is 4.98 Å². The minimum atomic E-state index is -0.634. The van der Waals surface area contributed by atoms with Gasteiger partial charge in [0.2, 0.25) is 5.78 Å². The van der Waals surface area contributed by atoms with Crippen LogP contribution in [0, 0.1) is 11.3 Å². The zero-order valence-corrected chi connectivity index (χ0v) is 12.1. The lowest BCUT2D eigenvalue weighted by atomic mass is 10.0. The predicted molar refractivity (Wildman–Crippen MR) is 84.5 cm³/mol. The van der Waals surface area contributed by atoms with Crippen molar-refractivity contribution >= 4 is 23.0 Å². The summed E-state index contributed by atoms with van der Waals surface area (Å²) in [6.07, 6.45) is 1.29. The van der Waals surface area contributed by atoms with Gasteiger partial charge < -0.3 is 14.6 Å². The fourth-order valence-corrected chi connectivity index (χ4v) is 2.19. The summed E-state index contributed by atoms with van der Waals surface area (Å²) in [5.41, 5.74) is 1.05. The molecule has 0 saturated carbocycles. The number of H-pyrrole nitrogens is 1. The van der Waals surface area contributed by atoms with Crippen LogP contribution in [0.15, 0.2) is 51.2 Å². The first kappa shape index (κ1) is 15.1. The van der Waals surface area contributed by atoms with Crippen LogP contribution in [0.4, 0.5) is 0 Å². The molecule has 1 aromatic heterocycles. The first-order valence-electron chi connectivity index (χ1n) is 6.79. The zero-order chi connectivity index (χ0) is 17.3. The van der Waals surface area contributed by atoms with E-state index in [2.05, 4.69) is 4.98 Å². The summed E-state index contributed by atoms with van der Waals surface area (Å²) < 4.78 is 4.89. The number of rotatable bonds is 3. The SMILES string of the molecule is N#CC(=Cc1ccc(O)c(O)c1)C(=O)c1ccc2[nH]c(=O)oc2c1. The summed E-state index contributed by atoms with van der Waals surface area (Å²) in [5, 5.41) is 28.0. The molecule has 0 aliphatic carbocycles. The average Bonchev–Trinajstić information content (AvgIpc) is 2.94. The zero-order valence-electron chi connectivity index (χ0n) is 12.1. The molecule has 2 aromatic carbocycles. The summed E-state index contributed by atoms with van der Waals surface area (Å²) in [7, 11) is 0. The highest BCUT2D eigenvalue weighted by Crippen LogP contribution is 2.26. The van der Waals surface area contributed by atoms with E-state index < -0.39 is 11.5 Å². The lowest BCUT2D eigenvalue weighted by Crippen LogP contribution is -2.01. The number of carbonyl (C=O) groups excluding carboxylic acids is 1. The molecule has 0 atom stereocenters. The fourth-order valence-electron chi connectivity index (χ4n) is 2.19. The molecule has 3 N–H and O–H groups in total. The third-order valence-electron chi connectivity index (χ3n) is 3.36. The number of phenolic OH excluding ortho intramolecular Hbond substituents is 2. The van der Waals surface area contributed by atoms with Crippen LogP contribution in [0.5, 0.6) is 11.5 Å². The van der Waals surface area contributed by atoms with Crippen molar-refractivity contribution in [3.8, 4) is 17.6 Å². The van der Waals surface area contributed by atoms with Gasteiger partial charge >= 0.3 is 5.76 Å². The first-order chi connectivity index (χ1) is 11.5. The van der Waals surface area contributed by atoms with E-state index in [4.69, 9.17) is 4.42 Å². The van der Waals surface area contributed by atoms with Crippen LogP contribution >= 0.6 is 0 Å². The maximum absolute atomic E-state index is 12.4. The van der Waals surface area contributed by atoms with Crippen molar-refractivity contribution in [3.63, 3.8) is 0 Å². The normalized spacial score (nSPS) is 11.4. The van der Waals surface area contributed by atoms with E-state index in [0.29, 0.717) is 11.1 Å². The van der Waals surface area contributed by atoms with Crippen molar-refractivity contribution in [2.24, 2.45) is 0 Å². The topological polar surface area (TPSA) is 127 Å². The number of hydrogen-bond acceptors (Lipinski definition) is 6. The maximum Gasteiger partial charge on any atom is 0.417 e. The molecule has 3 aromatic rings. The van der Waals surface area contributed by atoms with E-state index >= 15 is 0 Å². The molecule has 0 saturated heterocycles. The molecule has 1 heterocycles. The Balaban J connectivity index is 2.00. The van der Waals surface area contributed by atoms with Gasteiger partial charge in [0, 0.05) is 5.56 Å². The number of oxazole rings is 1. The molecule has 0 bridgehead atoms. The number of aromatic amines is 1. The van der Waals surface area contributed by atoms with E-state index in [1.165, 1.54) is 42.5 Å². The Bertz CT molecular complexity index is 1080. The summed E-state index contributed by atoms with van der Waals surface area (Å²) >= 11 is 0. The summed E-state index contributed by atoms with van der Waals surface area (Å²) in [4.78, 5) is 26.1. The number of nitriles is 1. The van der Waals surface area contributed by atoms with Gasteiger partial charge in [-0.25, -0.2) is 4.79 Å². The van der Waals surface area contributed by atoms with Gasteiger partial charge in [-0.2, -0.15) is 5.26 Å². The number of aromatic nitrogens is 1. The van der Waals surface area contributed by atoms with Crippen LogP contribution in [0.25, 0.3) is 17.2 Å². The quantitative estimate of drug-likeness (QED) is 0.294. The fraction of sp³-hybridized carbons (Fsp3) is 0. The largest absolute Gasteiger partial charge is 0.504 e. The van der Waals surface area contributed by atoms with Crippen molar-refractivity contribution in [1.29, 1.82) is 5.26 Å². The van der Waals surface area contributed by atoms with Gasteiger partial charge in [0.15, 0.2) is 17.1 Å². The smallest absolute Gasteiger partial charge is 0.417 e. The van der Waals surface area contributed by atoms with Crippen molar-refractivity contribution in [3.05, 3.63) is 63.6 Å². The minimum Gasteiger partial charge on any atom is -0.504 e. The monoisotopic (exact) mass is 322 g/mol. The number of phenols is 2. The number of ketones is 1. The summed E-state index contributed by atoms with van der Waals surface area (Å²) in [6, 6.07) is 10.1. The van der Waals surface area contributed by atoms with E-state index in [0.717, 1.165) is 0 Å². The Morgan fingerprint density at radius 3 is 2.67 bits per heavy atom. The highest BCUT2D eigenvalue weighted by Gasteiger charge is 2.14. The Morgan fingerprint density at radius 2 is 1.96 bits per heavy atom. The van der Waals surface area contributed by atoms with Gasteiger partial charge in [0.05, 0.1) is 5.52 Å². The van der Waals surface area contributed by atoms with Crippen LogP contribution in [0.3, 0.4) is 0 Å². The summed E-state index contributed by atoms with van der Waals surface area (Å²) in [6.45, 7) is 0. The second-order valence-corrected chi connectivity index (χ2v) is 4.97. The van der Waals surface area contributed by atoms with Crippen LogP contribution in [-0.4, -0.2) is 21.0 Å². The van der Waals surface area contributed by atoms with E-state index in [1.54, 1.807) is 6.07 Å². The summed E-state index contributed by atoms with van der Waals surface area (Å²) in [5.74, 6) is -1.85. The number of nitrogens with zero attached hydrogens (tertiary/aromatic N) is 1. The van der Waals surface area contributed by atoms with Gasteiger partial charge in [-0.3, -0.25) is 9.78 Å². The van der Waals surface area contributed by atoms with Gasteiger partial charge in [0.1, 0.15) is 11.6 Å². The Labute approximate surface area is 134 Å². The molecular formula is C17H10N2O5. The number of nitrogens with one attached hydrogen (secondary N) is 1. The molecular weight excluding hydrogens is 312 g/mol. The predicted octanol–water partition coefficient (Wildman–Crippen LogP) is 2.32. The number of carbonyl (C=O) groups is 1. The number of Topliss-reactive ketones (excluding diaryl/α,β-unsaturated/α-hetero) is 1. The van der Waals surface area contributed by atoms with Crippen molar-refractivity contribution < 1.29 is 19.4 Å². The second kappa shape index (κ2) is 5.78. The highest BCUT2D eigenvalue weighted by atomic mass is 16.4. The van der Waals surface area contributed by atoms with Gasteiger partial charge in [-0.15, -0.1) is 0 Å². The third-order valence-corrected chi connectivity index (χ3v) is 3.36. The number of allylic oxidation sites excluding steroid dienone is 1. The molecule has 0 aliphatic heterocycles. The lowest BCUT2D eigenvalue weighted by molar-refractivity contribution is 0.104. The van der Waals surface area contributed by atoms with Crippen molar-refractivity contribution in [2.45, 2.75) is 0 Å². The standard InChI is InChI=1S/C17H10N2O5/c18-8-11(5-9-1-4-13(20)14(21)6-9)16(22)10-2-3-12-15(7-10)24-17(23)19-12/h1-7,20-21H,(H,19,23). The third kappa shape index (κ3) is 2.76. The highest BCUT2D eigenvalue weighted by molar-refractivity contribution is 6.14. The molecule has 0 unspecified atom stereocenters. The Morgan fingerprint density at radius 1 is 1.17 bits per heavy atom. The van der Waals surface area contributed by atoms with E-state index in [1.807, 2.05) is 0 Å². The molecule has 3 rings (SSSR count). The van der Waals surface area contributed by atoms with Crippen molar-refractivity contribution in [2.75, 3.05) is 0 Å². The van der Waals surface area contributed by atoms with Crippen LogP contribution in [-0.2, 0) is 0 Å². The average molecular weight is 322 g/mol. The molecule has 0 fully saturated rings. The van der Waals surface area contributed by atoms with Crippen LogP contribution < -0.4 is 5.76 Å². The van der Waals surface area contributed by atoms with Gasteiger partial charge in [0.25, 0.3) is 0 Å². The Hall–Kier alpha value is -3.79. The first-order valence-corrected chi connectivity index (χ1v) is 6.79. The molecule has 0 spiro atoms. The molecule has 7 heteroatoms. The lowest BCUT2D eigenvalue weighted by Gasteiger charge is -2.01. The molecule has 0 radical (unpaired) electrons. The number of aromatic hydroxyl groups is 2. The number of benzene rings is 2. The van der Waals surface area contributed by atoms with Gasteiger partial charge in [-0.1, -0.05) is 6.07 Å². The number of hydrogen-bond donors (Lipinski definition) is 3. The Kier molecular flexibility index (Phi) is 3.64.